The average Bonchev–Trinajstić information content (AvgIpc) is 2.69. The van der Waals surface area contributed by atoms with Crippen molar-refractivity contribution in [3.05, 3.63) is 0 Å². The van der Waals surface area contributed by atoms with Crippen molar-refractivity contribution < 1.29 is 28.8 Å². The molecule has 0 saturated carbocycles. The van der Waals surface area contributed by atoms with E-state index in [1.54, 1.807) is 27.7 Å². The molecule has 0 aromatic heterocycles. The van der Waals surface area contributed by atoms with Crippen LogP contribution in [0.1, 0.15) is 67.2 Å². The second-order valence-electron chi connectivity index (χ2n) is 9.72. The molecule has 2 fully saturated rings. The fourth-order valence-corrected chi connectivity index (χ4v) is 3.26. The van der Waals surface area contributed by atoms with Gasteiger partial charge < -0.3 is 9.80 Å². The number of amides is 4. The second-order valence-corrected chi connectivity index (χ2v) is 9.72. The molecule has 32 heavy (non-hydrogen) atoms. The van der Waals surface area contributed by atoms with Gasteiger partial charge in [0.15, 0.2) is 0 Å². The molecule has 4 amide bonds. The van der Waals surface area contributed by atoms with Crippen LogP contribution in [0.2, 0.25) is 0 Å². The lowest BCUT2D eigenvalue weighted by molar-refractivity contribution is -0.159. The zero-order valence-corrected chi connectivity index (χ0v) is 19.7. The van der Waals surface area contributed by atoms with Gasteiger partial charge in [0.25, 0.3) is 23.6 Å². The minimum atomic E-state index is -0.842. The van der Waals surface area contributed by atoms with Crippen LogP contribution in [0.4, 0.5) is 0 Å². The summed E-state index contributed by atoms with van der Waals surface area (Å²) in [5.74, 6) is -3.74. The molecular formula is C22H34N4O6. The summed E-state index contributed by atoms with van der Waals surface area (Å²) in [4.78, 5) is 77.0. The molecule has 0 aliphatic carbocycles. The molecule has 10 nitrogen and oxygen atoms in total. The van der Waals surface area contributed by atoms with Gasteiger partial charge in [0.2, 0.25) is 11.6 Å². The Kier molecular flexibility index (Phi) is 7.47. The van der Waals surface area contributed by atoms with Gasteiger partial charge >= 0.3 is 0 Å². The highest BCUT2D eigenvalue weighted by atomic mass is 16.2. The molecule has 2 unspecified atom stereocenters. The predicted molar refractivity (Wildman–Crippen MR) is 115 cm³/mol. The van der Waals surface area contributed by atoms with Gasteiger partial charge in [-0.1, -0.05) is 41.5 Å². The molecule has 2 aliphatic rings. The van der Waals surface area contributed by atoms with Gasteiger partial charge in [0, 0.05) is 23.9 Å². The van der Waals surface area contributed by atoms with Gasteiger partial charge in [-0.25, -0.2) is 0 Å². The van der Waals surface area contributed by atoms with Crippen LogP contribution in [0.3, 0.4) is 0 Å². The van der Waals surface area contributed by atoms with Gasteiger partial charge in [0.1, 0.15) is 12.1 Å². The van der Waals surface area contributed by atoms with Crippen molar-refractivity contribution in [2.75, 3.05) is 13.1 Å². The molecule has 2 rings (SSSR count). The number of carbonyl (C=O) groups excluding carboxylic acids is 6. The summed E-state index contributed by atoms with van der Waals surface area (Å²) in [6.07, 6.45) is 1.74. The van der Waals surface area contributed by atoms with Crippen molar-refractivity contribution >= 4 is 35.2 Å². The first-order valence-corrected chi connectivity index (χ1v) is 11.1. The van der Waals surface area contributed by atoms with Crippen LogP contribution in [0.15, 0.2) is 0 Å². The quantitative estimate of drug-likeness (QED) is 0.405. The van der Waals surface area contributed by atoms with E-state index in [0.717, 1.165) is 0 Å². The van der Waals surface area contributed by atoms with E-state index in [1.165, 1.54) is 9.80 Å². The van der Waals surface area contributed by atoms with Crippen LogP contribution in [-0.2, 0) is 28.8 Å². The van der Waals surface area contributed by atoms with Crippen LogP contribution >= 0.6 is 0 Å². The third-order valence-electron chi connectivity index (χ3n) is 6.86. The maximum absolute atomic E-state index is 12.5. The molecular weight excluding hydrogens is 416 g/mol. The van der Waals surface area contributed by atoms with Crippen molar-refractivity contribution in [1.29, 1.82) is 0 Å². The molecule has 2 atom stereocenters. The number of rotatable bonds is 8. The minimum absolute atomic E-state index is 0.288. The number of likely N-dealkylation sites (tertiary alicyclic amines) is 2. The Bertz CT molecular complexity index is 766. The average molecular weight is 451 g/mol. The van der Waals surface area contributed by atoms with E-state index in [9.17, 15) is 28.8 Å². The molecule has 0 bridgehead atoms. The third-order valence-corrected chi connectivity index (χ3v) is 6.86. The van der Waals surface area contributed by atoms with E-state index in [4.69, 9.17) is 0 Å². The first-order valence-electron chi connectivity index (χ1n) is 11.1. The summed E-state index contributed by atoms with van der Waals surface area (Å²) >= 11 is 0. The van der Waals surface area contributed by atoms with E-state index in [1.807, 2.05) is 13.8 Å². The van der Waals surface area contributed by atoms with E-state index in [2.05, 4.69) is 10.9 Å². The Labute approximate surface area is 188 Å². The van der Waals surface area contributed by atoms with Gasteiger partial charge in [-0.15, -0.1) is 0 Å². The Morgan fingerprint density at radius 2 is 1.00 bits per heavy atom. The van der Waals surface area contributed by atoms with Crippen molar-refractivity contribution in [3.63, 3.8) is 0 Å². The zero-order chi connectivity index (χ0) is 24.4. The van der Waals surface area contributed by atoms with Crippen LogP contribution in [-0.4, -0.2) is 70.2 Å². The number of hydrogen-bond donors (Lipinski definition) is 2. The maximum atomic E-state index is 12.5. The lowest BCUT2D eigenvalue weighted by Crippen LogP contribution is -2.65. The highest BCUT2D eigenvalue weighted by Crippen LogP contribution is 2.27. The van der Waals surface area contributed by atoms with E-state index in [-0.39, 0.29) is 13.1 Å². The number of nitrogens with one attached hydrogen (secondary N) is 2. The Morgan fingerprint density at radius 3 is 1.22 bits per heavy atom. The first-order chi connectivity index (χ1) is 14.8. The largest absolute Gasteiger partial charge is 0.324 e. The van der Waals surface area contributed by atoms with E-state index in [0.29, 0.717) is 25.7 Å². The summed E-state index contributed by atoms with van der Waals surface area (Å²) in [5, 5.41) is 0. The lowest BCUT2D eigenvalue weighted by Gasteiger charge is -2.41. The molecule has 2 N–H and O–H groups in total. The fourth-order valence-electron chi connectivity index (χ4n) is 3.26. The number of hydrazine groups is 1. The molecule has 0 spiro atoms. The van der Waals surface area contributed by atoms with Gasteiger partial charge in [-0.2, -0.15) is 0 Å². The van der Waals surface area contributed by atoms with Gasteiger partial charge in [-0.3, -0.25) is 39.6 Å². The SMILES string of the molecule is CCC(C)(C)C(=O)C(=O)N1CCC1C(=O)NNC(=O)C1CCN1C(=O)C(=O)C(C)(C)CC. The predicted octanol–water partition coefficient (Wildman–Crippen LogP) is 0.346. The van der Waals surface area contributed by atoms with Crippen LogP contribution in [0.25, 0.3) is 0 Å². The van der Waals surface area contributed by atoms with Gasteiger partial charge in [0.05, 0.1) is 0 Å². The molecule has 0 aromatic carbocycles. The molecule has 0 radical (unpaired) electrons. The Balaban J connectivity index is 1.90. The van der Waals surface area contributed by atoms with Crippen molar-refractivity contribution in [2.24, 2.45) is 10.8 Å². The van der Waals surface area contributed by atoms with Crippen LogP contribution < -0.4 is 10.9 Å². The third kappa shape index (κ3) is 4.83. The summed E-state index contributed by atoms with van der Waals surface area (Å²) in [5.41, 5.74) is 2.92. The first kappa shape index (κ1) is 25.5. The number of ketones is 2. The van der Waals surface area contributed by atoms with E-state index < -0.39 is 58.1 Å². The molecule has 2 aliphatic heterocycles. The Hall–Kier alpha value is -2.78. The van der Waals surface area contributed by atoms with Crippen molar-refractivity contribution in [3.8, 4) is 0 Å². The highest BCUT2D eigenvalue weighted by Gasteiger charge is 2.45. The topological polar surface area (TPSA) is 133 Å². The molecule has 0 aromatic rings. The minimum Gasteiger partial charge on any atom is -0.324 e. The maximum Gasteiger partial charge on any atom is 0.291 e. The Morgan fingerprint density at radius 1 is 0.688 bits per heavy atom. The number of Topliss-reactive ketones (excluding diaryl/α,β-unsaturated/α-hetero) is 2. The summed E-state index contributed by atoms with van der Waals surface area (Å²) in [6.45, 7) is 10.9. The molecule has 178 valence electrons. The van der Waals surface area contributed by atoms with Crippen LogP contribution in [0.5, 0.6) is 0 Å². The summed E-state index contributed by atoms with van der Waals surface area (Å²) in [6, 6.07) is -1.68. The lowest BCUT2D eigenvalue weighted by atomic mass is 9.83. The van der Waals surface area contributed by atoms with E-state index >= 15 is 0 Å². The van der Waals surface area contributed by atoms with Gasteiger partial charge in [-0.05, 0) is 25.7 Å². The number of nitrogens with zero attached hydrogens (tertiary/aromatic N) is 2. The zero-order valence-electron chi connectivity index (χ0n) is 19.7. The normalized spacial score (nSPS) is 20.6. The fraction of sp³-hybridized carbons (Fsp3) is 0.727. The molecule has 2 saturated heterocycles. The number of hydrogen-bond acceptors (Lipinski definition) is 6. The monoisotopic (exact) mass is 450 g/mol. The smallest absolute Gasteiger partial charge is 0.291 e. The molecule has 2 heterocycles. The highest BCUT2D eigenvalue weighted by molar-refractivity contribution is 6.39. The molecule has 10 heteroatoms. The van der Waals surface area contributed by atoms with Crippen molar-refractivity contribution in [1.82, 2.24) is 20.7 Å². The summed E-state index contributed by atoms with van der Waals surface area (Å²) in [7, 11) is 0. The standard InChI is InChI=1S/C22H34N4O6/c1-7-21(3,4)15(27)19(31)25-11-9-13(25)17(29)23-24-18(30)14-10-12-26(14)20(32)16(28)22(5,6)8-2/h13-14H,7-12H2,1-6H3,(H,23,29)(H,24,30). The van der Waals surface area contributed by atoms with Crippen molar-refractivity contribution in [2.45, 2.75) is 79.3 Å². The number of carbonyl (C=O) groups is 6. The summed E-state index contributed by atoms with van der Waals surface area (Å²) < 4.78 is 0. The second kappa shape index (κ2) is 9.38. The van der Waals surface area contributed by atoms with Crippen LogP contribution in [0, 0.1) is 10.8 Å².